The molecule has 6 aliphatic rings. The third kappa shape index (κ3) is 3.09. The number of aliphatic hydroxyl groups is 2. The Balaban J connectivity index is 1.40. The Hall–Kier alpha value is -1.40. The predicted octanol–water partition coefficient (Wildman–Crippen LogP) is 4.27. The lowest BCUT2D eigenvalue weighted by atomic mass is 9.46. The first-order chi connectivity index (χ1) is 16.9. The van der Waals surface area contributed by atoms with Crippen LogP contribution in [0.5, 0.6) is 0 Å². The molecule has 1 unspecified atom stereocenters. The quantitative estimate of drug-likeness (QED) is 0.413. The highest BCUT2D eigenvalue weighted by Gasteiger charge is 2.70. The van der Waals surface area contributed by atoms with E-state index < -0.39 is 17.6 Å². The SMILES string of the molecule is CC(=O)O[C@H]1C[C@H](O)CC2=CC[C@H]3[C@@H]4C[C@H]5[C@H]([C@H](C)[C@H](O)CC6COC(=O)[C@@]65C)[C@@]4(C)CC[C@@H]3[C@]21C. The van der Waals surface area contributed by atoms with Crippen LogP contribution in [0.25, 0.3) is 0 Å². The van der Waals surface area contributed by atoms with Crippen molar-refractivity contribution in [2.24, 2.45) is 57.7 Å². The molecule has 6 nitrogen and oxygen atoms in total. The number of ether oxygens (including phenoxy) is 2. The van der Waals surface area contributed by atoms with Gasteiger partial charge in [-0.05, 0) is 86.4 Å². The number of carbonyl (C=O) groups excluding carboxylic acids is 2. The number of cyclic esters (lactones) is 1. The van der Waals surface area contributed by atoms with Crippen molar-refractivity contribution in [3.63, 3.8) is 0 Å². The van der Waals surface area contributed by atoms with Crippen molar-refractivity contribution in [2.45, 2.75) is 97.9 Å². The van der Waals surface area contributed by atoms with E-state index in [0.717, 1.165) is 25.7 Å². The minimum atomic E-state index is -0.527. The molecule has 200 valence electrons. The van der Waals surface area contributed by atoms with Gasteiger partial charge in [0.2, 0.25) is 0 Å². The zero-order valence-electron chi connectivity index (χ0n) is 22.5. The zero-order valence-corrected chi connectivity index (χ0v) is 22.5. The fraction of sp³-hybridized carbons (Fsp3) is 0.867. The van der Waals surface area contributed by atoms with Gasteiger partial charge in [-0.2, -0.15) is 0 Å². The van der Waals surface area contributed by atoms with Gasteiger partial charge in [0, 0.05) is 24.7 Å². The Morgan fingerprint density at radius 2 is 1.83 bits per heavy atom. The number of allylic oxidation sites excluding steroid dienone is 1. The van der Waals surface area contributed by atoms with Gasteiger partial charge in [0.05, 0.1) is 24.2 Å². The zero-order chi connectivity index (χ0) is 25.8. The Bertz CT molecular complexity index is 990. The monoisotopic (exact) mass is 500 g/mol. The number of rotatable bonds is 1. The lowest BCUT2D eigenvalue weighted by molar-refractivity contribution is -0.167. The molecule has 1 aliphatic heterocycles. The van der Waals surface area contributed by atoms with E-state index in [0.29, 0.717) is 43.6 Å². The number of hydrogen-bond acceptors (Lipinski definition) is 6. The van der Waals surface area contributed by atoms with E-state index >= 15 is 0 Å². The summed E-state index contributed by atoms with van der Waals surface area (Å²) in [6.45, 7) is 11.0. The number of carbonyl (C=O) groups is 2. The first kappa shape index (κ1) is 24.9. The van der Waals surface area contributed by atoms with Crippen molar-refractivity contribution in [3.8, 4) is 0 Å². The van der Waals surface area contributed by atoms with Crippen molar-refractivity contribution in [1.82, 2.24) is 0 Å². The summed E-state index contributed by atoms with van der Waals surface area (Å²) in [4.78, 5) is 25.3. The van der Waals surface area contributed by atoms with E-state index in [1.165, 1.54) is 12.5 Å². The Morgan fingerprint density at radius 3 is 2.56 bits per heavy atom. The average molecular weight is 501 g/mol. The largest absolute Gasteiger partial charge is 0.465 e. The molecule has 5 fully saturated rings. The lowest BCUT2D eigenvalue weighted by Gasteiger charge is -2.60. The molecule has 1 heterocycles. The van der Waals surface area contributed by atoms with E-state index in [1.54, 1.807) is 0 Å². The normalized spacial score (nSPS) is 55.6. The highest BCUT2D eigenvalue weighted by molar-refractivity contribution is 5.79. The van der Waals surface area contributed by atoms with Gasteiger partial charge in [-0.25, -0.2) is 0 Å². The van der Waals surface area contributed by atoms with Gasteiger partial charge in [-0.15, -0.1) is 0 Å². The molecule has 0 aromatic heterocycles. The van der Waals surface area contributed by atoms with E-state index in [2.05, 4.69) is 33.8 Å². The third-order valence-corrected chi connectivity index (χ3v) is 12.8. The van der Waals surface area contributed by atoms with Crippen LogP contribution < -0.4 is 0 Å². The molecule has 5 aliphatic carbocycles. The second kappa shape index (κ2) is 8.05. The van der Waals surface area contributed by atoms with Crippen LogP contribution in [0, 0.1) is 57.7 Å². The Morgan fingerprint density at radius 1 is 1.08 bits per heavy atom. The maximum Gasteiger partial charge on any atom is 0.312 e. The highest BCUT2D eigenvalue weighted by Crippen LogP contribution is 2.72. The molecule has 2 N–H and O–H groups in total. The van der Waals surface area contributed by atoms with Crippen LogP contribution in [-0.4, -0.2) is 47.1 Å². The van der Waals surface area contributed by atoms with E-state index in [4.69, 9.17) is 9.47 Å². The molecule has 4 saturated carbocycles. The van der Waals surface area contributed by atoms with Gasteiger partial charge in [0.15, 0.2) is 0 Å². The van der Waals surface area contributed by atoms with Crippen LogP contribution in [0.3, 0.4) is 0 Å². The van der Waals surface area contributed by atoms with E-state index in [9.17, 15) is 19.8 Å². The summed E-state index contributed by atoms with van der Waals surface area (Å²) >= 11 is 0. The standard InChI is InChI=1S/C30H44O6/c1-15-24(33)11-18-14-35-27(34)30(18,5)23-13-22-20-7-6-17-10-19(32)12-25(36-16(2)31)29(17,4)21(20)8-9-28(22,3)26(15)23/h6,15,18-26,32-33H,7-14H2,1-5H3/t15-,18?,19-,20-,21+,22+,23+,24-,25+,26+,28+,29+,30+/m1/s1. The summed E-state index contributed by atoms with van der Waals surface area (Å²) in [5, 5.41) is 21.9. The summed E-state index contributed by atoms with van der Waals surface area (Å²) in [6.07, 6.45) is 7.09. The Kier molecular flexibility index (Phi) is 5.57. The molecule has 0 radical (unpaired) electrons. The van der Waals surface area contributed by atoms with Crippen LogP contribution >= 0.6 is 0 Å². The highest BCUT2D eigenvalue weighted by atomic mass is 16.5. The fourth-order valence-electron chi connectivity index (χ4n) is 10.9. The number of hydrogen-bond donors (Lipinski definition) is 2. The maximum absolute atomic E-state index is 13.3. The van der Waals surface area contributed by atoms with Crippen molar-refractivity contribution >= 4 is 11.9 Å². The van der Waals surface area contributed by atoms with Crippen LogP contribution in [0.15, 0.2) is 11.6 Å². The molecule has 6 heteroatoms. The lowest BCUT2D eigenvalue weighted by Crippen LogP contribution is -2.56. The second-order valence-electron chi connectivity index (χ2n) is 14.0. The van der Waals surface area contributed by atoms with Gasteiger partial charge >= 0.3 is 11.9 Å². The molecule has 36 heavy (non-hydrogen) atoms. The molecule has 0 spiro atoms. The van der Waals surface area contributed by atoms with Crippen molar-refractivity contribution in [3.05, 3.63) is 11.6 Å². The smallest absolute Gasteiger partial charge is 0.312 e. The van der Waals surface area contributed by atoms with Gasteiger partial charge in [-0.1, -0.05) is 32.4 Å². The molecule has 0 bridgehead atoms. The fourth-order valence-corrected chi connectivity index (χ4v) is 10.9. The molecule has 1 saturated heterocycles. The van der Waals surface area contributed by atoms with E-state index in [-0.39, 0.29) is 52.5 Å². The minimum absolute atomic E-state index is 0.0554. The van der Waals surface area contributed by atoms with Gasteiger partial charge < -0.3 is 19.7 Å². The summed E-state index contributed by atoms with van der Waals surface area (Å²) in [6, 6.07) is 0. The second-order valence-corrected chi connectivity index (χ2v) is 14.0. The van der Waals surface area contributed by atoms with Crippen LogP contribution in [-0.2, 0) is 19.1 Å². The van der Waals surface area contributed by atoms with Crippen molar-refractivity contribution in [2.75, 3.05) is 6.61 Å². The first-order valence-electron chi connectivity index (χ1n) is 14.3. The van der Waals surface area contributed by atoms with Crippen molar-refractivity contribution < 1.29 is 29.3 Å². The average Bonchev–Trinajstić information content (AvgIpc) is 3.25. The minimum Gasteiger partial charge on any atom is -0.465 e. The molecular formula is C30H44O6. The molecular weight excluding hydrogens is 456 g/mol. The number of aliphatic hydroxyl groups excluding tert-OH is 2. The van der Waals surface area contributed by atoms with Crippen molar-refractivity contribution in [1.29, 1.82) is 0 Å². The van der Waals surface area contributed by atoms with Crippen LogP contribution in [0.2, 0.25) is 0 Å². The van der Waals surface area contributed by atoms with Gasteiger partial charge in [-0.3, -0.25) is 9.59 Å². The number of esters is 2. The first-order valence-corrected chi connectivity index (χ1v) is 14.3. The topological polar surface area (TPSA) is 93.1 Å². The molecule has 0 amide bonds. The molecule has 0 aromatic rings. The van der Waals surface area contributed by atoms with Gasteiger partial charge in [0.25, 0.3) is 0 Å². The summed E-state index contributed by atoms with van der Waals surface area (Å²) in [5.41, 5.74) is 0.532. The summed E-state index contributed by atoms with van der Waals surface area (Å²) in [7, 11) is 0. The predicted molar refractivity (Wildman–Crippen MR) is 133 cm³/mol. The summed E-state index contributed by atoms with van der Waals surface area (Å²) < 4.78 is 11.6. The maximum atomic E-state index is 13.3. The van der Waals surface area contributed by atoms with Crippen LogP contribution in [0.4, 0.5) is 0 Å². The summed E-state index contributed by atoms with van der Waals surface area (Å²) in [5.74, 6) is 1.68. The third-order valence-electron chi connectivity index (χ3n) is 12.8. The molecule has 6 rings (SSSR count). The number of fused-ring (bicyclic) bond motifs is 9. The van der Waals surface area contributed by atoms with E-state index in [1.807, 2.05) is 0 Å². The Labute approximate surface area is 215 Å². The molecule has 13 atom stereocenters. The molecule has 0 aromatic carbocycles. The van der Waals surface area contributed by atoms with Crippen LogP contribution in [0.1, 0.15) is 79.6 Å². The van der Waals surface area contributed by atoms with Gasteiger partial charge in [0.1, 0.15) is 6.10 Å².